The highest BCUT2D eigenvalue weighted by molar-refractivity contribution is 5.92. The van der Waals surface area contributed by atoms with Crippen LogP contribution in [0.15, 0.2) is 54.6 Å². The number of rotatable bonds is 4. The number of fused-ring (bicyclic) bond motifs is 3. The summed E-state index contributed by atoms with van der Waals surface area (Å²) < 4.78 is 7.04. The second kappa shape index (κ2) is 5.94. The number of anilines is 2. The zero-order chi connectivity index (χ0) is 16.5. The van der Waals surface area contributed by atoms with E-state index in [1.807, 2.05) is 41.8 Å². The van der Waals surface area contributed by atoms with E-state index in [0.717, 1.165) is 39.3 Å². The molecule has 5 heteroatoms. The molecule has 5 nitrogen and oxygen atoms in total. The molecule has 0 aliphatic heterocycles. The minimum atomic E-state index is 0.614. The molecule has 0 amide bonds. The molecule has 0 atom stereocenters. The summed E-state index contributed by atoms with van der Waals surface area (Å²) in [5, 5.41) is 8.99. The molecule has 2 aromatic heterocycles. The van der Waals surface area contributed by atoms with Crippen molar-refractivity contribution < 1.29 is 4.74 Å². The van der Waals surface area contributed by atoms with Crippen molar-refractivity contribution in [1.29, 1.82) is 0 Å². The lowest BCUT2D eigenvalue weighted by molar-refractivity contribution is 0.185. The Morgan fingerprint density at radius 1 is 1.08 bits per heavy atom. The summed E-state index contributed by atoms with van der Waals surface area (Å²) in [4.78, 5) is 4.74. The van der Waals surface area contributed by atoms with Crippen LogP contribution in [0.4, 0.5) is 11.5 Å². The molecule has 0 spiro atoms. The molecule has 2 aromatic carbocycles. The van der Waals surface area contributed by atoms with Gasteiger partial charge in [-0.3, -0.25) is 0 Å². The van der Waals surface area contributed by atoms with Gasteiger partial charge in [-0.05, 0) is 36.8 Å². The molecule has 4 aromatic rings. The van der Waals surface area contributed by atoms with Gasteiger partial charge in [0.05, 0.1) is 17.8 Å². The number of nitrogens with one attached hydrogen (secondary N) is 1. The van der Waals surface area contributed by atoms with Gasteiger partial charge in [0.25, 0.3) is 0 Å². The van der Waals surface area contributed by atoms with Crippen LogP contribution in [0.1, 0.15) is 11.3 Å². The number of hydrogen-bond acceptors (Lipinski definition) is 4. The van der Waals surface area contributed by atoms with E-state index in [0.29, 0.717) is 6.61 Å². The lowest BCUT2D eigenvalue weighted by Gasteiger charge is -2.11. The van der Waals surface area contributed by atoms with E-state index in [1.54, 1.807) is 7.11 Å². The van der Waals surface area contributed by atoms with Gasteiger partial charge in [-0.15, -0.1) is 0 Å². The van der Waals surface area contributed by atoms with E-state index in [2.05, 4.69) is 34.7 Å². The lowest BCUT2D eigenvalue weighted by atomic mass is 10.2. The zero-order valence-corrected chi connectivity index (χ0v) is 13.7. The fraction of sp³-hybridized carbons (Fsp3) is 0.158. The third-order valence-corrected chi connectivity index (χ3v) is 3.95. The molecule has 24 heavy (non-hydrogen) atoms. The van der Waals surface area contributed by atoms with Crippen LogP contribution in [0.3, 0.4) is 0 Å². The van der Waals surface area contributed by atoms with Crippen molar-refractivity contribution in [1.82, 2.24) is 14.6 Å². The molecule has 0 aliphatic rings. The molecule has 0 aliphatic carbocycles. The Balaban J connectivity index is 1.79. The van der Waals surface area contributed by atoms with Gasteiger partial charge in [0, 0.05) is 24.2 Å². The Morgan fingerprint density at radius 2 is 1.88 bits per heavy atom. The highest BCUT2D eigenvalue weighted by atomic mass is 16.5. The van der Waals surface area contributed by atoms with Crippen LogP contribution in [-0.2, 0) is 11.3 Å². The van der Waals surface area contributed by atoms with Crippen LogP contribution >= 0.6 is 0 Å². The number of methoxy groups -OCH3 is 1. The number of nitrogens with zero attached hydrogens (tertiary/aromatic N) is 3. The van der Waals surface area contributed by atoms with Crippen LogP contribution in [-0.4, -0.2) is 21.7 Å². The maximum atomic E-state index is 5.15. The molecule has 1 N–H and O–H groups in total. The molecular formula is C19H18N4O. The lowest BCUT2D eigenvalue weighted by Crippen LogP contribution is -2.00. The van der Waals surface area contributed by atoms with Crippen LogP contribution < -0.4 is 5.32 Å². The first kappa shape index (κ1) is 14.7. The summed E-state index contributed by atoms with van der Waals surface area (Å²) in [6.07, 6.45) is 0. The van der Waals surface area contributed by atoms with E-state index in [9.17, 15) is 0 Å². The van der Waals surface area contributed by atoms with Crippen LogP contribution in [0.2, 0.25) is 0 Å². The summed E-state index contributed by atoms with van der Waals surface area (Å²) in [5.41, 5.74) is 4.96. The fourth-order valence-electron chi connectivity index (χ4n) is 2.86. The Labute approximate surface area is 139 Å². The third-order valence-electron chi connectivity index (χ3n) is 3.95. The number of aromatic nitrogens is 3. The summed E-state index contributed by atoms with van der Waals surface area (Å²) >= 11 is 0. The number of aryl methyl sites for hydroxylation is 1. The highest BCUT2D eigenvalue weighted by Gasteiger charge is 2.10. The number of para-hydroxylation sites is 1. The van der Waals surface area contributed by atoms with E-state index >= 15 is 0 Å². The first-order valence-corrected chi connectivity index (χ1v) is 7.84. The van der Waals surface area contributed by atoms with E-state index in [-0.39, 0.29) is 0 Å². The van der Waals surface area contributed by atoms with Crippen LogP contribution in [0.5, 0.6) is 0 Å². The Morgan fingerprint density at radius 3 is 2.67 bits per heavy atom. The maximum Gasteiger partial charge on any atom is 0.158 e. The summed E-state index contributed by atoms with van der Waals surface area (Å²) in [7, 11) is 1.70. The second-order valence-electron chi connectivity index (χ2n) is 5.79. The average Bonchev–Trinajstić information content (AvgIpc) is 2.97. The molecule has 0 radical (unpaired) electrons. The molecule has 0 saturated heterocycles. The van der Waals surface area contributed by atoms with Gasteiger partial charge in [-0.2, -0.15) is 5.10 Å². The SMILES string of the molecule is COCc1ccc(Nc2nc3cc(C)nn3c3ccccc23)cc1. The van der Waals surface area contributed by atoms with Gasteiger partial charge < -0.3 is 10.1 Å². The largest absolute Gasteiger partial charge is 0.380 e. The predicted octanol–water partition coefficient (Wildman–Crippen LogP) is 4.08. The van der Waals surface area contributed by atoms with E-state index in [1.165, 1.54) is 0 Å². The highest BCUT2D eigenvalue weighted by Crippen LogP contribution is 2.26. The van der Waals surface area contributed by atoms with Crippen molar-refractivity contribution in [3.05, 3.63) is 65.9 Å². The normalized spacial score (nSPS) is 11.2. The number of hydrogen-bond donors (Lipinski definition) is 1. The standard InChI is InChI=1S/C19H18N4O/c1-13-11-18-21-19(16-5-3-4-6-17(16)23(18)22-13)20-15-9-7-14(8-10-15)12-24-2/h3-11H,12H2,1-2H3,(H,20,21). The van der Waals surface area contributed by atoms with Gasteiger partial charge >= 0.3 is 0 Å². The third kappa shape index (κ3) is 2.59. The minimum absolute atomic E-state index is 0.614. The second-order valence-corrected chi connectivity index (χ2v) is 5.79. The zero-order valence-electron chi connectivity index (χ0n) is 13.7. The monoisotopic (exact) mass is 318 g/mol. The van der Waals surface area contributed by atoms with Crippen molar-refractivity contribution in [2.75, 3.05) is 12.4 Å². The van der Waals surface area contributed by atoms with E-state index in [4.69, 9.17) is 9.72 Å². The van der Waals surface area contributed by atoms with Gasteiger partial charge in [0.2, 0.25) is 0 Å². The van der Waals surface area contributed by atoms with E-state index < -0.39 is 0 Å². The minimum Gasteiger partial charge on any atom is -0.380 e. The number of benzene rings is 2. The molecule has 0 bridgehead atoms. The van der Waals surface area contributed by atoms with Gasteiger partial charge in [0.1, 0.15) is 5.82 Å². The maximum absolute atomic E-state index is 5.15. The van der Waals surface area contributed by atoms with Crippen LogP contribution in [0, 0.1) is 6.92 Å². The first-order valence-electron chi connectivity index (χ1n) is 7.84. The summed E-state index contributed by atoms with van der Waals surface area (Å²) in [5.74, 6) is 0.831. The molecule has 0 saturated carbocycles. The Kier molecular flexibility index (Phi) is 3.63. The topological polar surface area (TPSA) is 51.5 Å². The van der Waals surface area contributed by atoms with Crippen LogP contribution in [0.25, 0.3) is 16.6 Å². The molecule has 120 valence electrons. The van der Waals surface area contributed by atoms with Crippen molar-refractivity contribution in [3.8, 4) is 0 Å². The fourth-order valence-corrected chi connectivity index (χ4v) is 2.86. The molecule has 2 heterocycles. The molecule has 0 unspecified atom stereocenters. The predicted molar refractivity (Wildman–Crippen MR) is 95.7 cm³/mol. The first-order chi connectivity index (χ1) is 11.7. The van der Waals surface area contributed by atoms with Crippen molar-refractivity contribution in [3.63, 3.8) is 0 Å². The summed E-state index contributed by atoms with van der Waals surface area (Å²) in [6, 6.07) is 18.3. The average molecular weight is 318 g/mol. The van der Waals surface area contributed by atoms with Gasteiger partial charge in [-0.1, -0.05) is 24.3 Å². The Bertz CT molecular complexity index is 1010. The van der Waals surface area contributed by atoms with Crippen molar-refractivity contribution >= 4 is 28.1 Å². The quantitative estimate of drug-likeness (QED) is 0.616. The van der Waals surface area contributed by atoms with Gasteiger partial charge in [-0.25, -0.2) is 9.50 Å². The molecule has 0 fully saturated rings. The molecular weight excluding hydrogens is 300 g/mol. The van der Waals surface area contributed by atoms with Gasteiger partial charge in [0.15, 0.2) is 5.65 Å². The smallest absolute Gasteiger partial charge is 0.158 e. The number of ether oxygens (including phenoxy) is 1. The molecule has 4 rings (SSSR count). The summed E-state index contributed by atoms with van der Waals surface area (Å²) in [6.45, 7) is 2.59. The van der Waals surface area contributed by atoms with Crippen molar-refractivity contribution in [2.45, 2.75) is 13.5 Å². The Hall–Kier alpha value is -2.92. The van der Waals surface area contributed by atoms with Crippen molar-refractivity contribution in [2.24, 2.45) is 0 Å².